The number of rotatable bonds is 4. The minimum absolute atomic E-state index is 0.0935. The summed E-state index contributed by atoms with van der Waals surface area (Å²) in [5, 5.41) is 0. The Bertz CT molecular complexity index is 1010. The highest BCUT2D eigenvalue weighted by atomic mass is 32.2. The smallest absolute Gasteiger partial charge is 0.348 e. The molecule has 1 aliphatic heterocycles. The fourth-order valence-electron chi connectivity index (χ4n) is 3.07. The lowest BCUT2D eigenvalue weighted by molar-refractivity contribution is -0.148. The molecule has 156 valence electrons. The average Bonchev–Trinajstić information content (AvgIpc) is 2.71. The highest BCUT2D eigenvalue weighted by Crippen LogP contribution is 2.40. The Labute approximate surface area is 171 Å². The Morgan fingerprint density at radius 2 is 1.76 bits per heavy atom. The van der Waals surface area contributed by atoms with Crippen LogP contribution in [0.2, 0.25) is 0 Å². The number of carbonyl (C=O) groups excluding carboxylic acids is 1. The third kappa shape index (κ3) is 4.03. The number of sulfonamides is 1. The first-order valence-corrected chi connectivity index (χ1v) is 10.6. The van der Waals surface area contributed by atoms with Crippen LogP contribution in [0.3, 0.4) is 0 Å². The van der Waals surface area contributed by atoms with Crippen LogP contribution in [0, 0.1) is 0 Å². The highest BCUT2D eigenvalue weighted by Gasteiger charge is 2.38. The molecule has 0 bridgehead atoms. The molecule has 8 heteroatoms. The van der Waals surface area contributed by atoms with Gasteiger partial charge in [-0.25, -0.2) is 13.2 Å². The number of methoxy groups -OCH3 is 2. The van der Waals surface area contributed by atoms with Gasteiger partial charge in [-0.15, -0.1) is 0 Å². The zero-order valence-electron chi connectivity index (χ0n) is 17.1. The molecule has 0 fully saturated rings. The van der Waals surface area contributed by atoms with E-state index in [2.05, 4.69) is 0 Å². The summed E-state index contributed by atoms with van der Waals surface area (Å²) in [6.07, 6.45) is -1.05. The minimum atomic E-state index is -3.95. The molecular weight excluding hydrogens is 394 g/mol. The summed E-state index contributed by atoms with van der Waals surface area (Å²) in [5.41, 5.74) is 1.16. The number of benzene rings is 2. The van der Waals surface area contributed by atoms with Gasteiger partial charge in [-0.1, -0.05) is 26.8 Å². The fourth-order valence-corrected chi connectivity index (χ4v) is 4.54. The van der Waals surface area contributed by atoms with Gasteiger partial charge in [0, 0.05) is 0 Å². The van der Waals surface area contributed by atoms with E-state index in [-0.39, 0.29) is 16.9 Å². The molecule has 0 saturated heterocycles. The minimum Gasteiger partial charge on any atom is -0.497 e. The lowest BCUT2D eigenvalue weighted by atomic mass is 9.86. The average molecular weight is 419 g/mol. The van der Waals surface area contributed by atoms with Gasteiger partial charge in [0.1, 0.15) is 11.5 Å². The van der Waals surface area contributed by atoms with Gasteiger partial charge < -0.3 is 14.2 Å². The highest BCUT2D eigenvalue weighted by molar-refractivity contribution is 7.92. The van der Waals surface area contributed by atoms with E-state index in [0.717, 1.165) is 5.56 Å². The number of esters is 1. The second kappa shape index (κ2) is 7.59. The van der Waals surface area contributed by atoms with Gasteiger partial charge in [0.25, 0.3) is 10.0 Å². The second-order valence-corrected chi connectivity index (χ2v) is 9.64. The monoisotopic (exact) mass is 419 g/mol. The van der Waals surface area contributed by atoms with E-state index in [1.54, 1.807) is 24.3 Å². The number of fused-ring (bicyclic) bond motifs is 1. The molecule has 0 aliphatic carbocycles. The maximum Gasteiger partial charge on any atom is 0.348 e. The maximum atomic E-state index is 13.4. The number of hydrogen-bond acceptors (Lipinski definition) is 6. The zero-order chi connectivity index (χ0) is 21.4. The standard InChI is InChI=1S/C21H25NO6S/c1-21(2,3)14-6-11-18-17(12-14)22(13-19(28-18)20(23)27-5)29(24,25)16-9-7-15(26-4)8-10-16/h6-12,19H,13H2,1-5H3. The van der Waals surface area contributed by atoms with Gasteiger partial charge in [-0.3, -0.25) is 4.31 Å². The van der Waals surface area contributed by atoms with Gasteiger partial charge >= 0.3 is 5.97 Å². The number of ether oxygens (including phenoxy) is 3. The van der Waals surface area contributed by atoms with Crippen LogP contribution in [-0.2, 0) is 25.0 Å². The van der Waals surface area contributed by atoms with Crippen LogP contribution >= 0.6 is 0 Å². The third-order valence-corrected chi connectivity index (χ3v) is 6.60. The molecule has 3 rings (SSSR count). The summed E-state index contributed by atoms with van der Waals surface area (Å²) in [5.74, 6) is 0.232. The van der Waals surface area contributed by atoms with Crippen LogP contribution in [0.1, 0.15) is 26.3 Å². The molecule has 29 heavy (non-hydrogen) atoms. The van der Waals surface area contributed by atoms with Crippen molar-refractivity contribution in [2.45, 2.75) is 37.2 Å². The van der Waals surface area contributed by atoms with Crippen molar-refractivity contribution in [2.75, 3.05) is 25.1 Å². The van der Waals surface area contributed by atoms with Crippen molar-refractivity contribution in [2.24, 2.45) is 0 Å². The van der Waals surface area contributed by atoms with Crippen LogP contribution in [0.25, 0.3) is 0 Å². The van der Waals surface area contributed by atoms with E-state index in [1.165, 1.54) is 30.7 Å². The summed E-state index contributed by atoms with van der Waals surface area (Å²) in [7, 11) is -1.19. The lowest BCUT2D eigenvalue weighted by Crippen LogP contribution is -2.47. The van der Waals surface area contributed by atoms with Crippen molar-refractivity contribution >= 4 is 21.7 Å². The van der Waals surface area contributed by atoms with Crippen LogP contribution in [0.4, 0.5) is 5.69 Å². The number of carbonyl (C=O) groups is 1. The number of nitrogens with zero attached hydrogens (tertiary/aromatic N) is 1. The SMILES string of the molecule is COC(=O)C1CN(S(=O)(=O)c2ccc(OC)cc2)c2cc(C(C)(C)C)ccc2O1. The predicted molar refractivity (Wildman–Crippen MR) is 109 cm³/mol. The molecule has 1 unspecified atom stereocenters. The van der Waals surface area contributed by atoms with Crippen molar-refractivity contribution < 1.29 is 27.4 Å². The molecule has 1 heterocycles. The molecule has 2 aromatic carbocycles. The van der Waals surface area contributed by atoms with Crippen molar-refractivity contribution in [1.29, 1.82) is 0 Å². The van der Waals surface area contributed by atoms with Gasteiger partial charge in [0.15, 0.2) is 0 Å². The van der Waals surface area contributed by atoms with E-state index in [1.807, 2.05) is 26.8 Å². The van der Waals surface area contributed by atoms with Crippen molar-refractivity contribution in [3.05, 3.63) is 48.0 Å². The van der Waals surface area contributed by atoms with Crippen molar-refractivity contribution in [3.8, 4) is 11.5 Å². The summed E-state index contributed by atoms with van der Waals surface area (Å²) >= 11 is 0. The van der Waals surface area contributed by atoms with Gasteiger partial charge in [0.2, 0.25) is 6.10 Å². The Morgan fingerprint density at radius 3 is 2.31 bits per heavy atom. The molecular formula is C21H25NO6S. The van der Waals surface area contributed by atoms with Gasteiger partial charge in [0.05, 0.1) is 31.3 Å². The van der Waals surface area contributed by atoms with E-state index in [4.69, 9.17) is 14.2 Å². The summed E-state index contributed by atoms with van der Waals surface area (Å²) in [6.45, 7) is 5.94. The molecule has 0 amide bonds. The molecule has 0 spiro atoms. The Morgan fingerprint density at radius 1 is 1.10 bits per heavy atom. The van der Waals surface area contributed by atoms with Crippen LogP contribution in [-0.4, -0.2) is 41.3 Å². The van der Waals surface area contributed by atoms with Gasteiger partial charge in [-0.05, 0) is 47.4 Å². The largest absolute Gasteiger partial charge is 0.497 e. The topological polar surface area (TPSA) is 82.1 Å². The van der Waals surface area contributed by atoms with E-state index in [0.29, 0.717) is 17.2 Å². The molecule has 2 aromatic rings. The quantitative estimate of drug-likeness (QED) is 0.708. The third-order valence-electron chi connectivity index (χ3n) is 4.81. The number of hydrogen-bond donors (Lipinski definition) is 0. The summed E-state index contributed by atoms with van der Waals surface area (Å²) in [4.78, 5) is 12.2. The molecule has 0 aromatic heterocycles. The predicted octanol–water partition coefficient (Wildman–Crippen LogP) is 3.12. The Balaban J connectivity index is 2.13. The molecule has 0 N–H and O–H groups in total. The summed E-state index contributed by atoms with van der Waals surface area (Å²) in [6, 6.07) is 11.5. The normalized spacial score (nSPS) is 16.6. The Kier molecular flexibility index (Phi) is 5.49. The number of anilines is 1. The molecule has 1 atom stereocenters. The van der Waals surface area contributed by atoms with Crippen molar-refractivity contribution in [3.63, 3.8) is 0 Å². The van der Waals surface area contributed by atoms with E-state index < -0.39 is 22.1 Å². The van der Waals surface area contributed by atoms with Crippen molar-refractivity contribution in [1.82, 2.24) is 0 Å². The van der Waals surface area contributed by atoms with Gasteiger partial charge in [-0.2, -0.15) is 0 Å². The van der Waals surface area contributed by atoms with E-state index in [9.17, 15) is 13.2 Å². The second-order valence-electron chi connectivity index (χ2n) is 7.77. The molecule has 0 radical (unpaired) electrons. The molecule has 7 nitrogen and oxygen atoms in total. The van der Waals surface area contributed by atoms with Crippen LogP contribution in [0.5, 0.6) is 11.5 Å². The van der Waals surface area contributed by atoms with E-state index >= 15 is 0 Å². The first kappa shape index (κ1) is 21.0. The van der Waals surface area contributed by atoms with Crippen LogP contribution < -0.4 is 13.8 Å². The molecule has 0 saturated carbocycles. The first-order valence-electron chi connectivity index (χ1n) is 9.13. The maximum absolute atomic E-state index is 13.4. The lowest BCUT2D eigenvalue weighted by Gasteiger charge is -2.35. The van der Waals surface area contributed by atoms with Crippen LogP contribution in [0.15, 0.2) is 47.4 Å². The summed E-state index contributed by atoms with van der Waals surface area (Å²) < 4.78 is 43.7. The first-order chi connectivity index (χ1) is 13.6. The molecule has 1 aliphatic rings. The fraction of sp³-hybridized carbons (Fsp3) is 0.381. The zero-order valence-corrected chi connectivity index (χ0v) is 17.9. The Hall–Kier alpha value is -2.74.